The summed E-state index contributed by atoms with van der Waals surface area (Å²) in [6, 6.07) is 14.7. The first kappa shape index (κ1) is 19.0. The van der Waals surface area contributed by atoms with Gasteiger partial charge in [-0.3, -0.25) is 4.79 Å². The van der Waals surface area contributed by atoms with E-state index in [1.54, 1.807) is 31.4 Å². The highest BCUT2D eigenvalue weighted by molar-refractivity contribution is 6.09. The fourth-order valence-electron chi connectivity index (χ4n) is 2.24. The molecule has 5 heteroatoms. The minimum Gasteiger partial charge on any atom is -0.491 e. The first-order valence-corrected chi connectivity index (χ1v) is 8.23. The van der Waals surface area contributed by atoms with Crippen LogP contribution in [0.2, 0.25) is 0 Å². The molecular formula is C20H25NO4. The van der Waals surface area contributed by atoms with Gasteiger partial charge in [0.15, 0.2) is 5.78 Å². The fraction of sp³-hybridized carbons (Fsp3) is 0.350. The second-order valence-electron chi connectivity index (χ2n) is 5.75. The molecule has 0 saturated heterocycles. The van der Waals surface area contributed by atoms with Crippen LogP contribution >= 0.6 is 0 Å². The van der Waals surface area contributed by atoms with Gasteiger partial charge in [0.25, 0.3) is 0 Å². The van der Waals surface area contributed by atoms with Crippen molar-refractivity contribution >= 4 is 11.5 Å². The van der Waals surface area contributed by atoms with Gasteiger partial charge in [0.05, 0.1) is 19.8 Å². The zero-order chi connectivity index (χ0) is 18.1. The van der Waals surface area contributed by atoms with Crippen molar-refractivity contribution in [1.82, 2.24) is 0 Å². The average molecular weight is 343 g/mol. The zero-order valence-corrected chi connectivity index (χ0v) is 15.0. The molecular weight excluding hydrogens is 318 g/mol. The van der Waals surface area contributed by atoms with E-state index >= 15 is 0 Å². The van der Waals surface area contributed by atoms with Crippen molar-refractivity contribution in [3.63, 3.8) is 0 Å². The Balaban J connectivity index is 1.87. The molecule has 0 atom stereocenters. The van der Waals surface area contributed by atoms with E-state index in [0.29, 0.717) is 37.6 Å². The summed E-state index contributed by atoms with van der Waals surface area (Å²) in [7, 11) is 5.58. The van der Waals surface area contributed by atoms with Gasteiger partial charge in [-0.2, -0.15) is 0 Å². The van der Waals surface area contributed by atoms with Gasteiger partial charge < -0.3 is 19.1 Å². The van der Waals surface area contributed by atoms with E-state index in [1.807, 2.05) is 43.3 Å². The third kappa shape index (κ3) is 5.89. The summed E-state index contributed by atoms with van der Waals surface area (Å²) in [6.07, 6.45) is 0. The molecule has 0 unspecified atom stereocenters. The third-order valence-corrected chi connectivity index (χ3v) is 3.69. The van der Waals surface area contributed by atoms with E-state index in [2.05, 4.69) is 0 Å². The molecule has 0 aromatic heterocycles. The molecule has 2 rings (SSSR count). The third-order valence-electron chi connectivity index (χ3n) is 3.69. The number of hydrogen-bond donors (Lipinski definition) is 0. The maximum atomic E-state index is 12.5. The first-order valence-electron chi connectivity index (χ1n) is 8.23. The fourth-order valence-corrected chi connectivity index (χ4v) is 2.24. The van der Waals surface area contributed by atoms with Crippen LogP contribution in [0.3, 0.4) is 0 Å². The summed E-state index contributed by atoms with van der Waals surface area (Å²) < 4.78 is 15.8. The predicted octanol–water partition coefficient (Wildman–Crippen LogP) is 3.03. The summed E-state index contributed by atoms with van der Waals surface area (Å²) >= 11 is 0. The molecule has 2 aromatic rings. The van der Waals surface area contributed by atoms with Crippen molar-refractivity contribution in [3.05, 3.63) is 59.7 Å². The van der Waals surface area contributed by atoms with E-state index in [1.165, 1.54) is 0 Å². The lowest BCUT2D eigenvalue weighted by atomic mass is 10.0. The van der Waals surface area contributed by atoms with Crippen LogP contribution in [0, 0.1) is 0 Å². The normalized spacial score (nSPS) is 10.5. The van der Waals surface area contributed by atoms with Crippen LogP contribution in [-0.4, -0.2) is 53.4 Å². The van der Waals surface area contributed by atoms with Crippen LogP contribution < -0.4 is 9.64 Å². The number of methoxy groups -OCH3 is 1. The smallest absolute Gasteiger partial charge is 0.193 e. The number of nitrogens with zero attached hydrogens (tertiary/aromatic N) is 1. The van der Waals surface area contributed by atoms with Gasteiger partial charge >= 0.3 is 0 Å². The number of ether oxygens (including phenoxy) is 3. The van der Waals surface area contributed by atoms with E-state index in [9.17, 15) is 4.79 Å². The molecule has 0 saturated carbocycles. The number of rotatable bonds is 10. The van der Waals surface area contributed by atoms with E-state index < -0.39 is 0 Å². The summed E-state index contributed by atoms with van der Waals surface area (Å²) in [6.45, 7) is 2.09. The van der Waals surface area contributed by atoms with E-state index in [-0.39, 0.29) is 5.78 Å². The highest BCUT2D eigenvalue weighted by atomic mass is 16.5. The molecule has 2 aromatic carbocycles. The van der Waals surface area contributed by atoms with Crippen molar-refractivity contribution in [2.24, 2.45) is 0 Å². The molecule has 0 aliphatic rings. The molecule has 0 aliphatic carbocycles. The van der Waals surface area contributed by atoms with Gasteiger partial charge in [-0.05, 0) is 48.5 Å². The Hall–Kier alpha value is -2.37. The van der Waals surface area contributed by atoms with Crippen molar-refractivity contribution in [1.29, 1.82) is 0 Å². The Morgan fingerprint density at radius 1 is 0.840 bits per heavy atom. The maximum Gasteiger partial charge on any atom is 0.193 e. The lowest BCUT2D eigenvalue weighted by Crippen LogP contribution is -2.10. The Bertz CT molecular complexity index is 650. The van der Waals surface area contributed by atoms with Crippen molar-refractivity contribution < 1.29 is 19.0 Å². The molecule has 25 heavy (non-hydrogen) atoms. The number of benzene rings is 2. The number of anilines is 1. The molecule has 0 amide bonds. The lowest BCUT2D eigenvalue weighted by Gasteiger charge is -2.12. The van der Waals surface area contributed by atoms with Gasteiger partial charge in [0.2, 0.25) is 0 Å². The van der Waals surface area contributed by atoms with E-state index in [4.69, 9.17) is 14.2 Å². The Labute approximate surface area is 149 Å². The number of hydrogen-bond acceptors (Lipinski definition) is 5. The quantitative estimate of drug-likeness (QED) is 0.490. The van der Waals surface area contributed by atoms with Crippen LogP contribution in [0.5, 0.6) is 5.75 Å². The Morgan fingerprint density at radius 3 is 1.96 bits per heavy atom. The second kappa shape index (κ2) is 9.81. The summed E-state index contributed by atoms with van der Waals surface area (Å²) in [5, 5.41) is 0. The predicted molar refractivity (Wildman–Crippen MR) is 98.8 cm³/mol. The highest BCUT2D eigenvalue weighted by Crippen LogP contribution is 2.18. The molecule has 0 spiro atoms. The van der Waals surface area contributed by atoms with Crippen molar-refractivity contribution in [2.75, 3.05) is 52.5 Å². The SMILES string of the molecule is COCCOCCOc1ccc(C(=O)c2ccc(N(C)C)cc2)cc1. The summed E-state index contributed by atoms with van der Waals surface area (Å²) in [5.74, 6) is 0.717. The molecule has 5 nitrogen and oxygen atoms in total. The number of carbonyl (C=O) groups is 1. The molecule has 0 N–H and O–H groups in total. The average Bonchev–Trinajstić information content (AvgIpc) is 2.64. The standard InChI is InChI=1S/C20H25NO4/c1-21(2)18-8-4-16(5-9-18)20(22)17-6-10-19(11-7-17)25-15-14-24-13-12-23-3/h4-11H,12-15H2,1-3H3. The molecule has 134 valence electrons. The summed E-state index contributed by atoms with van der Waals surface area (Å²) in [5.41, 5.74) is 2.38. The van der Waals surface area contributed by atoms with Gasteiger partial charge in [-0.1, -0.05) is 0 Å². The molecule has 0 radical (unpaired) electrons. The zero-order valence-electron chi connectivity index (χ0n) is 15.0. The number of carbonyl (C=O) groups excluding carboxylic acids is 1. The van der Waals surface area contributed by atoms with Crippen LogP contribution in [0.4, 0.5) is 5.69 Å². The van der Waals surface area contributed by atoms with Gasteiger partial charge in [0, 0.05) is 38.0 Å². The minimum absolute atomic E-state index is 0.000227. The first-order chi connectivity index (χ1) is 12.1. The number of ketones is 1. The molecule has 0 aliphatic heterocycles. The lowest BCUT2D eigenvalue weighted by molar-refractivity contribution is 0.0544. The van der Waals surface area contributed by atoms with Crippen LogP contribution in [0.1, 0.15) is 15.9 Å². The van der Waals surface area contributed by atoms with Crippen molar-refractivity contribution in [3.8, 4) is 5.75 Å². The molecule has 0 bridgehead atoms. The minimum atomic E-state index is -0.000227. The monoisotopic (exact) mass is 343 g/mol. The highest BCUT2D eigenvalue weighted by Gasteiger charge is 2.09. The largest absolute Gasteiger partial charge is 0.491 e. The van der Waals surface area contributed by atoms with Gasteiger partial charge in [0.1, 0.15) is 12.4 Å². The topological polar surface area (TPSA) is 48.0 Å². The molecule has 0 heterocycles. The van der Waals surface area contributed by atoms with Crippen LogP contribution in [0.25, 0.3) is 0 Å². The van der Waals surface area contributed by atoms with Gasteiger partial charge in [-0.25, -0.2) is 0 Å². The van der Waals surface area contributed by atoms with Crippen LogP contribution in [0.15, 0.2) is 48.5 Å². The van der Waals surface area contributed by atoms with Crippen LogP contribution in [-0.2, 0) is 9.47 Å². The molecule has 0 fully saturated rings. The Morgan fingerprint density at radius 2 is 1.40 bits per heavy atom. The Kier molecular flexibility index (Phi) is 7.44. The summed E-state index contributed by atoms with van der Waals surface area (Å²) in [4.78, 5) is 14.5. The van der Waals surface area contributed by atoms with E-state index in [0.717, 1.165) is 11.4 Å². The maximum absolute atomic E-state index is 12.5. The second-order valence-corrected chi connectivity index (χ2v) is 5.75. The van der Waals surface area contributed by atoms with Crippen molar-refractivity contribution in [2.45, 2.75) is 0 Å². The van der Waals surface area contributed by atoms with Gasteiger partial charge in [-0.15, -0.1) is 0 Å².